The average Bonchev–Trinajstić information content (AvgIpc) is 2.64. The highest BCUT2D eigenvalue weighted by Crippen LogP contribution is 2.37. The molecular formula is C21H22F2N2O4S. The van der Waals surface area contributed by atoms with Gasteiger partial charge in [0.1, 0.15) is 17.7 Å². The van der Waals surface area contributed by atoms with Gasteiger partial charge in [-0.25, -0.2) is 17.2 Å². The Morgan fingerprint density at radius 2 is 1.80 bits per heavy atom. The van der Waals surface area contributed by atoms with Gasteiger partial charge >= 0.3 is 0 Å². The number of benzene rings is 2. The molecule has 0 spiro atoms. The quantitative estimate of drug-likeness (QED) is 0.780. The molecule has 2 unspecified atom stereocenters. The van der Waals surface area contributed by atoms with Crippen LogP contribution in [0.4, 0.5) is 20.2 Å². The number of carbonyl (C=O) groups excluding carboxylic acids is 2. The van der Waals surface area contributed by atoms with Crippen molar-refractivity contribution in [2.45, 2.75) is 37.6 Å². The number of fused-ring (bicyclic) bond motifs is 1. The summed E-state index contributed by atoms with van der Waals surface area (Å²) in [5, 5.41) is 2.69. The third-order valence-corrected chi connectivity index (χ3v) is 6.30. The van der Waals surface area contributed by atoms with Crippen molar-refractivity contribution in [2.75, 3.05) is 16.5 Å². The monoisotopic (exact) mass is 436 g/mol. The number of halogens is 2. The average molecular weight is 436 g/mol. The molecule has 0 bridgehead atoms. The van der Waals surface area contributed by atoms with E-state index in [2.05, 4.69) is 5.32 Å². The highest BCUT2D eigenvalue weighted by Gasteiger charge is 2.39. The minimum Gasteiger partial charge on any atom is -0.322 e. The summed E-state index contributed by atoms with van der Waals surface area (Å²) in [7, 11) is -3.52. The Labute approximate surface area is 173 Å². The van der Waals surface area contributed by atoms with Gasteiger partial charge in [0.15, 0.2) is 9.84 Å². The van der Waals surface area contributed by atoms with Crippen molar-refractivity contribution in [3.63, 3.8) is 0 Å². The molecule has 1 heterocycles. The van der Waals surface area contributed by atoms with Crippen LogP contribution in [0.15, 0.2) is 41.3 Å². The summed E-state index contributed by atoms with van der Waals surface area (Å²) in [6.45, 7) is 3.70. The minimum absolute atomic E-state index is 0.00291. The van der Waals surface area contributed by atoms with Crippen molar-refractivity contribution in [1.29, 1.82) is 0 Å². The SMILES string of the molecule is CCC(C)C1C(=O)Nc2cc(S(C)(=O)=O)ccc2N1C(=O)Cc1cc(F)cc(F)c1. The summed E-state index contributed by atoms with van der Waals surface area (Å²) in [6.07, 6.45) is 1.33. The lowest BCUT2D eigenvalue weighted by molar-refractivity contribution is -0.124. The second-order valence-electron chi connectivity index (χ2n) is 7.49. The lowest BCUT2D eigenvalue weighted by atomic mass is 9.93. The van der Waals surface area contributed by atoms with E-state index >= 15 is 0 Å². The molecule has 1 aliphatic rings. The van der Waals surface area contributed by atoms with E-state index in [9.17, 15) is 26.8 Å². The topological polar surface area (TPSA) is 83.6 Å². The van der Waals surface area contributed by atoms with Gasteiger partial charge in [-0.2, -0.15) is 0 Å². The smallest absolute Gasteiger partial charge is 0.247 e. The lowest BCUT2D eigenvalue weighted by Crippen LogP contribution is -2.54. The molecule has 0 saturated carbocycles. The summed E-state index contributed by atoms with van der Waals surface area (Å²) in [5.41, 5.74) is 0.677. The van der Waals surface area contributed by atoms with Crippen LogP contribution in [0, 0.1) is 17.6 Å². The predicted octanol–water partition coefficient (Wildman–Crippen LogP) is 3.31. The van der Waals surface area contributed by atoms with E-state index in [4.69, 9.17) is 0 Å². The maximum Gasteiger partial charge on any atom is 0.247 e. The fourth-order valence-corrected chi connectivity index (χ4v) is 4.18. The predicted molar refractivity (Wildman–Crippen MR) is 109 cm³/mol. The van der Waals surface area contributed by atoms with E-state index in [1.165, 1.54) is 23.1 Å². The summed E-state index contributed by atoms with van der Waals surface area (Å²) in [4.78, 5) is 27.3. The number of nitrogens with one attached hydrogen (secondary N) is 1. The van der Waals surface area contributed by atoms with Crippen molar-refractivity contribution in [3.05, 3.63) is 53.6 Å². The molecule has 2 atom stereocenters. The lowest BCUT2D eigenvalue weighted by Gasteiger charge is -2.39. The van der Waals surface area contributed by atoms with Crippen LogP contribution in [0.3, 0.4) is 0 Å². The van der Waals surface area contributed by atoms with E-state index in [1.54, 1.807) is 0 Å². The van der Waals surface area contributed by atoms with Crippen molar-refractivity contribution < 1.29 is 26.8 Å². The van der Waals surface area contributed by atoms with E-state index < -0.39 is 39.3 Å². The first-order valence-electron chi connectivity index (χ1n) is 9.43. The Morgan fingerprint density at radius 3 is 2.37 bits per heavy atom. The molecule has 30 heavy (non-hydrogen) atoms. The molecular weight excluding hydrogens is 414 g/mol. The molecule has 0 aliphatic carbocycles. The zero-order valence-corrected chi connectivity index (χ0v) is 17.6. The Hall–Kier alpha value is -2.81. The maximum atomic E-state index is 13.6. The van der Waals surface area contributed by atoms with Gasteiger partial charge in [-0.15, -0.1) is 0 Å². The summed E-state index contributed by atoms with van der Waals surface area (Å²) < 4.78 is 50.9. The summed E-state index contributed by atoms with van der Waals surface area (Å²) in [5.74, 6) is -2.77. The molecule has 0 radical (unpaired) electrons. The molecule has 2 amide bonds. The van der Waals surface area contributed by atoms with Crippen molar-refractivity contribution in [2.24, 2.45) is 5.92 Å². The van der Waals surface area contributed by atoms with Gasteiger partial charge in [-0.05, 0) is 41.8 Å². The maximum absolute atomic E-state index is 13.6. The third-order valence-electron chi connectivity index (χ3n) is 5.19. The number of carbonyl (C=O) groups is 2. The molecule has 2 aromatic carbocycles. The Balaban J connectivity index is 2.07. The highest BCUT2D eigenvalue weighted by molar-refractivity contribution is 7.90. The van der Waals surface area contributed by atoms with Gasteiger partial charge in [0, 0.05) is 12.3 Å². The third kappa shape index (κ3) is 4.35. The van der Waals surface area contributed by atoms with Crippen LogP contribution in [-0.2, 0) is 25.8 Å². The van der Waals surface area contributed by atoms with Crippen molar-refractivity contribution in [3.8, 4) is 0 Å². The second-order valence-corrected chi connectivity index (χ2v) is 9.50. The van der Waals surface area contributed by atoms with Crippen LogP contribution in [-0.4, -0.2) is 32.5 Å². The van der Waals surface area contributed by atoms with Gasteiger partial charge in [-0.3, -0.25) is 14.5 Å². The van der Waals surface area contributed by atoms with Crippen LogP contribution < -0.4 is 10.2 Å². The fourth-order valence-electron chi connectivity index (χ4n) is 3.53. The van der Waals surface area contributed by atoms with Crippen LogP contribution >= 0.6 is 0 Å². The molecule has 0 saturated heterocycles. The summed E-state index contributed by atoms with van der Waals surface area (Å²) in [6, 6.07) is 6.14. The van der Waals surface area contributed by atoms with E-state index in [1.807, 2.05) is 13.8 Å². The molecule has 1 aliphatic heterocycles. The number of amides is 2. The normalized spacial score (nSPS) is 17.3. The first kappa shape index (κ1) is 21.9. The zero-order chi connectivity index (χ0) is 22.2. The molecule has 9 heteroatoms. The number of nitrogens with zero attached hydrogens (tertiary/aromatic N) is 1. The largest absolute Gasteiger partial charge is 0.322 e. The Kier molecular flexibility index (Phi) is 5.94. The molecule has 0 fully saturated rings. The van der Waals surface area contributed by atoms with E-state index in [0.717, 1.165) is 18.4 Å². The summed E-state index contributed by atoms with van der Waals surface area (Å²) >= 11 is 0. The van der Waals surface area contributed by atoms with Crippen LogP contribution in [0.2, 0.25) is 0 Å². The van der Waals surface area contributed by atoms with Crippen LogP contribution in [0.1, 0.15) is 25.8 Å². The standard InChI is InChI=1S/C21H22F2N2O4S/c1-4-12(2)20-21(27)24-17-11-16(30(3,28)29)5-6-18(17)25(20)19(26)9-13-7-14(22)10-15(23)8-13/h5-8,10-12,20H,4,9H2,1-3H3,(H,24,27). The number of anilines is 2. The van der Waals surface area contributed by atoms with Gasteiger partial charge in [0.25, 0.3) is 0 Å². The molecule has 1 N–H and O–H groups in total. The molecule has 3 rings (SSSR count). The number of hydrogen-bond acceptors (Lipinski definition) is 4. The van der Waals surface area contributed by atoms with Crippen LogP contribution in [0.25, 0.3) is 0 Å². The first-order valence-corrected chi connectivity index (χ1v) is 11.3. The van der Waals surface area contributed by atoms with Crippen molar-refractivity contribution in [1.82, 2.24) is 0 Å². The zero-order valence-electron chi connectivity index (χ0n) is 16.8. The Morgan fingerprint density at radius 1 is 1.17 bits per heavy atom. The molecule has 160 valence electrons. The minimum atomic E-state index is -3.52. The number of rotatable bonds is 5. The number of sulfone groups is 1. The first-order chi connectivity index (χ1) is 14.0. The highest BCUT2D eigenvalue weighted by atomic mass is 32.2. The molecule has 6 nitrogen and oxygen atoms in total. The van der Waals surface area contributed by atoms with Crippen LogP contribution in [0.5, 0.6) is 0 Å². The van der Waals surface area contributed by atoms with Crippen molar-refractivity contribution >= 4 is 33.0 Å². The molecule has 2 aromatic rings. The van der Waals surface area contributed by atoms with E-state index in [0.29, 0.717) is 18.2 Å². The van der Waals surface area contributed by atoms with Gasteiger partial charge in [-0.1, -0.05) is 20.3 Å². The van der Waals surface area contributed by atoms with Gasteiger partial charge in [0.2, 0.25) is 11.8 Å². The second kappa shape index (κ2) is 8.14. The van der Waals surface area contributed by atoms with E-state index in [-0.39, 0.29) is 28.5 Å². The van der Waals surface area contributed by atoms with Gasteiger partial charge < -0.3 is 5.32 Å². The Bertz CT molecular complexity index is 1100. The molecule has 0 aromatic heterocycles. The number of hydrogen-bond donors (Lipinski definition) is 1. The fraction of sp³-hybridized carbons (Fsp3) is 0.333. The van der Waals surface area contributed by atoms with Gasteiger partial charge in [0.05, 0.1) is 22.7 Å².